The summed E-state index contributed by atoms with van der Waals surface area (Å²) in [5.74, 6) is -1.96. The van der Waals surface area contributed by atoms with Crippen molar-refractivity contribution in [2.45, 2.75) is 29.5 Å². The van der Waals surface area contributed by atoms with E-state index in [1.54, 1.807) is 37.3 Å². The van der Waals surface area contributed by atoms with E-state index in [0.717, 1.165) is 4.90 Å². The molecular weight excluding hydrogens is 420 g/mol. The maximum absolute atomic E-state index is 13.0. The number of ether oxygens (including phenoxy) is 2. The van der Waals surface area contributed by atoms with Gasteiger partial charge in [0.2, 0.25) is 5.91 Å². The van der Waals surface area contributed by atoms with E-state index in [1.165, 1.54) is 22.7 Å². The van der Waals surface area contributed by atoms with Gasteiger partial charge in [-0.25, -0.2) is 9.59 Å². The number of fused-ring (bicyclic) bond motifs is 3. The summed E-state index contributed by atoms with van der Waals surface area (Å²) >= 11 is 1.27. The minimum atomic E-state index is -1.19. The Balaban J connectivity index is 1.44. The third kappa shape index (κ3) is 3.76. The van der Waals surface area contributed by atoms with Gasteiger partial charge < -0.3 is 14.8 Å². The quantitative estimate of drug-likeness (QED) is 0.689. The first-order valence-corrected chi connectivity index (χ1v) is 10.6. The van der Waals surface area contributed by atoms with Gasteiger partial charge in [-0.15, -0.1) is 0 Å². The fourth-order valence-corrected chi connectivity index (χ4v) is 5.09. The van der Waals surface area contributed by atoms with Gasteiger partial charge in [0.15, 0.2) is 11.5 Å². The lowest BCUT2D eigenvalue weighted by molar-refractivity contribution is -0.149. The second kappa shape index (κ2) is 8.43. The highest BCUT2D eigenvalue weighted by molar-refractivity contribution is 8.02. The zero-order chi connectivity index (χ0) is 22.0. The van der Waals surface area contributed by atoms with Gasteiger partial charge in [-0.05, 0) is 31.2 Å². The lowest BCUT2D eigenvalue weighted by Crippen LogP contribution is -2.48. The Hall–Kier alpha value is -3.33. The van der Waals surface area contributed by atoms with Gasteiger partial charge in [-0.3, -0.25) is 14.5 Å². The van der Waals surface area contributed by atoms with Crippen LogP contribution in [0.3, 0.4) is 0 Å². The van der Waals surface area contributed by atoms with Crippen molar-refractivity contribution in [3.8, 4) is 0 Å². The molecular formula is C22H20N2O6S. The lowest BCUT2D eigenvalue weighted by atomic mass is 10.2. The van der Waals surface area contributed by atoms with Crippen LogP contribution in [0.4, 0.5) is 11.4 Å². The van der Waals surface area contributed by atoms with Crippen LogP contribution in [0.15, 0.2) is 53.4 Å². The monoisotopic (exact) mass is 440 g/mol. The van der Waals surface area contributed by atoms with Gasteiger partial charge in [0.25, 0.3) is 5.91 Å². The fraction of sp³-hybridized carbons (Fsp3) is 0.273. The Kier molecular flexibility index (Phi) is 5.69. The maximum atomic E-state index is 13.0. The first kappa shape index (κ1) is 20.9. The summed E-state index contributed by atoms with van der Waals surface area (Å²) in [4.78, 5) is 51.0. The Morgan fingerprint density at radius 3 is 2.65 bits per heavy atom. The molecule has 1 saturated heterocycles. The Morgan fingerprint density at radius 1 is 1.10 bits per heavy atom. The number of carbonyl (C=O) groups excluding carboxylic acids is 4. The molecule has 0 radical (unpaired) electrons. The van der Waals surface area contributed by atoms with Crippen LogP contribution in [0.1, 0.15) is 30.1 Å². The number of para-hydroxylation sites is 2. The molecule has 1 atom stereocenters. The summed E-state index contributed by atoms with van der Waals surface area (Å²) in [6, 6.07) is 13.7. The molecule has 4 rings (SSSR count). The van der Waals surface area contributed by atoms with E-state index in [-0.39, 0.29) is 30.2 Å². The van der Waals surface area contributed by atoms with Gasteiger partial charge in [0, 0.05) is 17.7 Å². The number of nitrogens with one attached hydrogen (secondary N) is 1. The summed E-state index contributed by atoms with van der Waals surface area (Å²) in [6.45, 7) is 1.35. The van der Waals surface area contributed by atoms with Crippen molar-refractivity contribution in [1.29, 1.82) is 0 Å². The van der Waals surface area contributed by atoms with Crippen LogP contribution in [-0.2, 0) is 23.9 Å². The van der Waals surface area contributed by atoms with Crippen molar-refractivity contribution < 1.29 is 28.7 Å². The molecule has 8 nitrogen and oxygen atoms in total. The molecule has 0 saturated carbocycles. The summed E-state index contributed by atoms with van der Waals surface area (Å²) in [6.07, 6.45) is 0.535. The normalized spacial score (nSPS) is 18.9. The highest BCUT2D eigenvalue weighted by Gasteiger charge is 2.58. The van der Waals surface area contributed by atoms with E-state index in [0.29, 0.717) is 12.1 Å². The molecule has 2 aromatic rings. The van der Waals surface area contributed by atoms with Crippen LogP contribution < -0.4 is 10.2 Å². The fourth-order valence-electron chi connectivity index (χ4n) is 3.68. The van der Waals surface area contributed by atoms with E-state index < -0.39 is 29.3 Å². The molecule has 2 aromatic carbocycles. The average molecular weight is 440 g/mol. The Bertz CT molecular complexity index is 1070. The molecule has 1 fully saturated rings. The number of rotatable bonds is 6. The molecule has 1 N–H and O–H groups in total. The smallest absolute Gasteiger partial charge is 0.344 e. The Labute approximate surface area is 182 Å². The Morgan fingerprint density at radius 2 is 1.84 bits per heavy atom. The predicted octanol–water partition coefficient (Wildman–Crippen LogP) is 2.97. The first-order chi connectivity index (χ1) is 15.0. The van der Waals surface area contributed by atoms with E-state index >= 15 is 0 Å². The summed E-state index contributed by atoms with van der Waals surface area (Å²) < 4.78 is 10.3. The maximum Gasteiger partial charge on any atom is 0.344 e. The van der Waals surface area contributed by atoms with Crippen molar-refractivity contribution in [2.75, 3.05) is 23.4 Å². The van der Waals surface area contributed by atoms with Crippen molar-refractivity contribution >= 4 is 46.9 Å². The minimum Gasteiger partial charge on any atom is -0.462 e. The molecule has 9 heteroatoms. The number of benzene rings is 2. The summed E-state index contributed by atoms with van der Waals surface area (Å²) in [5.41, 5.74) is 1.15. The summed E-state index contributed by atoms with van der Waals surface area (Å²) in [5, 5.41) is 2.57. The lowest BCUT2D eigenvalue weighted by Gasteiger charge is -2.28. The molecule has 0 bridgehead atoms. The van der Waals surface area contributed by atoms with Crippen molar-refractivity contribution in [3.05, 3.63) is 54.1 Å². The second-order valence-electron chi connectivity index (χ2n) is 6.97. The predicted molar refractivity (Wildman–Crippen MR) is 114 cm³/mol. The number of hydrogen-bond acceptors (Lipinski definition) is 7. The molecule has 0 aliphatic carbocycles. The van der Waals surface area contributed by atoms with Crippen LogP contribution in [0, 0.1) is 0 Å². The second-order valence-corrected chi connectivity index (χ2v) is 8.29. The van der Waals surface area contributed by atoms with Gasteiger partial charge in [0.05, 0.1) is 23.5 Å². The van der Waals surface area contributed by atoms with Crippen molar-refractivity contribution in [2.24, 2.45) is 0 Å². The van der Waals surface area contributed by atoms with Gasteiger partial charge in [-0.2, -0.15) is 0 Å². The number of esters is 2. The van der Waals surface area contributed by atoms with E-state index in [2.05, 4.69) is 5.32 Å². The van der Waals surface area contributed by atoms with Crippen molar-refractivity contribution in [3.63, 3.8) is 0 Å². The zero-order valence-corrected chi connectivity index (χ0v) is 17.6. The summed E-state index contributed by atoms with van der Waals surface area (Å²) in [7, 11) is 0. The molecule has 2 aliphatic rings. The number of carbonyl (C=O) groups is 4. The van der Waals surface area contributed by atoms with Crippen LogP contribution in [0.2, 0.25) is 0 Å². The third-order valence-corrected chi connectivity index (χ3v) is 6.48. The molecule has 0 aromatic heterocycles. The molecule has 31 heavy (non-hydrogen) atoms. The SMILES string of the molecule is CCOC(=O)c1ccccc1NC(=O)COC(=O)[C@]12CCC(=O)N1c1ccccc1S2. The topological polar surface area (TPSA) is 102 Å². The van der Waals surface area contributed by atoms with Gasteiger partial charge >= 0.3 is 11.9 Å². The van der Waals surface area contributed by atoms with Gasteiger partial charge in [-0.1, -0.05) is 36.0 Å². The largest absolute Gasteiger partial charge is 0.462 e. The molecule has 0 unspecified atom stereocenters. The van der Waals surface area contributed by atoms with Crippen LogP contribution in [-0.4, -0.2) is 41.8 Å². The van der Waals surface area contributed by atoms with E-state index in [4.69, 9.17) is 9.47 Å². The van der Waals surface area contributed by atoms with Crippen molar-refractivity contribution in [1.82, 2.24) is 0 Å². The minimum absolute atomic E-state index is 0.151. The third-order valence-electron chi connectivity index (χ3n) is 5.02. The van der Waals surface area contributed by atoms with Gasteiger partial charge in [0.1, 0.15) is 0 Å². The zero-order valence-electron chi connectivity index (χ0n) is 16.8. The molecule has 2 heterocycles. The molecule has 0 spiro atoms. The van der Waals surface area contributed by atoms with Crippen LogP contribution >= 0.6 is 11.8 Å². The number of hydrogen-bond donors (Lipinski definition) is 1. The number of amides is 2. The highest BCUT2D eigenvalue weighted by atomic mass is 32.2. The van der Waals surface area contributed by atoms with Crippen LogP contribution in [0.5, 0.6) is 0 Å². The van der Waals surface area contributed by atoms with Crippen LogP contribution in [0.25, 0.3) is 0 Å². The molecule has 2 amide bonds. The number of nitrogens with zero attached hydrogens (tertiary/aromatic N) is 1. The molecule has 2 aliphatic heterocycles. The number of anilines is 2. The first-order valence-electron chi connectivity index (χ1n) is 9.80. The number of thioether (sulfide) groups is 1. The average Bonchev–Trinajstić information content (AvgIpc) is 3.28. The molecule has 160 valence electrons. The van der Waals surface area contributed by atoms with E-state index in [9.17, 15) is 19.2 Å². The highest BCUT2D eigenvalue weighted by Crippen LogP contribution is 2.56. The standard InChI is InChI=1S/C22H20N2O6S/c1-2-29-20(27)14-7-3-4-8-15(14)23-18(25)13-30-21(28)22-12-11-19(26)24(22)16-9-5-6-10-17(16)31-22/h3-10H,2,11-13H2,1H3,(H,23,25)/t22-/m1/s1. The van der Waals surface area contributed by atoms with E-state index in [1.807, 2.05) is 12.1 Å².